The van der Waals surface area contributed by atoms with Gasteiger partial charge in [-0.3, -0.25) is 14.4 Å². The van der Waals surface area contributed by atoms with Crippen LogP contribution in [0.3, 0.4) is 0 Å². The van der Waals surface area contributed by atoms with Gasteiger partial charge in [-0.05, 0) is 18.2 Å². The fourth-order valence-corrected chi connectivity index (χ4v) is 2.94. The van der Waals surface area contributed by atoms with Gasteiger partial charge in [0.2, 0.25) is 0 Å². The highest BCUT2D eigenvalue weighted by molar-refractivity contribution is 6.43. The van der Waals surface area contributed by atoms with Gasteiger partial charge >= 0.3 is 5.97 Å². The average Bonchev–Trinajstić information content (AvgIpc) is 2.46. The highest BCUT2D eigenvalue weighted by Crippen LogP contribution is 2.39. The fraction of sp³-hybridized carbons (Fsp3) is 0.0625. The summed E-state index contributed by atoms with van der Waals surface area (Å²) in [4.78, 5) is 36.6. The lowest BCUT2D eigenvalue weighted by atomic mass is 9.83. The second kappa shape index (κ2) is 5.23. The SMILES string of the molecule is CC(=O)Oc1cccc2c1C(=O)c1c(Cl)ccc(Cl)c1C2=O. The summed E-state index contributed by atoms with van der Waals surface area (Å²) in [5, 5.41) is 0.280. The minimum atomic E-state index is -0.586. The summed E-state index contributed by atoms with van der Waals surface area (Å²) < 4.78 is 5.03. The fourth-order valence-electron chi connectivity index (χ4n) is 2.45. The number of ketones is 2. The van der Waals surface area contributed by atoms with Crippen molar-refractivity contribution in [3.8, 4) is 5.75 Å². The van der Waals surface area contributed by atoms with Crippen LogP contribution in [0.4, 0.5) is 0 Å². The zero-order chi connectivity index (χ0) is 16.0. The summed E-state index contributed by atoms with van der Waals surface area (Å²) >= 11 is 12.1. The lowest BCUT2D eigenvalue weighted by molar-refractivity contribution is -0.131. The van der Waals surface area contributed by atoms with E-state index in [1.807, 2.05) is 0 Å². The van der Waals surface area contributed by atoms with E-state index in [-0.39, 0.29) is 38.0 Å². The molecule has 22 heavy (non-hydrogen) atoms. The second-order valence-corrected chi connectivity index (χ2v) is 5.52. The summed E-state index contributed by atoms with van der Waals surface area (Å²) in [5.41, 5.74) is 0.276. The zero-order valence-corrected chi connectivity index (χ0v) is 12.8. The summed E-state index contributed by atoms with van der Waals surface area (Å²) in [6.45, 7) is 1.21. The Balaban J connectivity index is 2.32. The van der Waals surface area contributed by atoms with Crippen molar-refractivity contribution in [2.24, 2.45) is 0 Å². The first-order valence-corrected chi connectivity index (χ1v) is 7.06. The number of carbonyl (C=O) groups is 3. The van der Waals surface area contributed by atoms with Crippen molar-refractivity contribution in [1.29, 1.82) is 0 Å². The average molecular weight is 335 g/mol. The number of ether oxygens (including phenoxy) is 1. The molecule has 6 heteroatoms. The van der Waals surface area contributed by atoms with Crippen LogP contribution in [0.15, 0.2) is 30.3 Å². The van der Waals surface area contributed by atoms with Crippen LogP contribution in [-0.2, 0) is 4.79 Å². The largest absolute Gasteiger partial charge is 0.426 e. The quantitative estimate of drug-likeness (QED) is 0.503. The molecule has 2 aromatic carbocycles. The molecule has 0 saturated heterocycles. The van der Waals surface area contributed by atoms with Crippen molar-refractivity contribution in [2.45, 2.75) is 6.92 Å². The lowest BCUT2D eigenvalue weighted by Gasteiger charge is -2.21. The maximum absolute atomic E-state index is 12.7. The van der Waals surface area contributed by atoms with Crippen molar-refractivity contribution in [3.63, 3.8) is 0 Å². The van der Waals surface area contributed by atoms with Crippen LogP contribution in [0.25, 0.3) is 0 Å². The molecular formula is C16H8Cl2O4. The van der Waals surface area contributed by atoms with E-state index in [1.54, 1.807) is 0 Å². The van der Waals surface area contributed by atoms with Crippen molar-refractivity contribution in [1.82, 2.24) is 0 Å². The molecule has 0 saturated carbocycles. The molecule has 0 heterocycles. The number of benzene rings is 2. The van der Waals surface area contributed by atoms with E-state index in [2.05, 4.69) is 0 Å². The Morgan fingerprint density at radius 3 is 2.09 bits per heavy atom. The van der Waals surface area contributed by atoms with Crippen LogP contribution in [0.5, 0.6) is 5.75 Å². The minimum Gasteiger partial charge on any atom is -0.426 e. The molecule has 0 atom stereocenters. The van der Waals surface area contributed by atoms with E-state index in [4.69, 9.17) is 27.9 Å². The monoisotopic (exact) mass is 334 g/mol. The number of carbonyl (C=O) groups excluding carboxylic acids is 3. The molecule has 3 rings (SSSR count). The maximum Gasteiger partial charge on any atom is 0.308 e. The van der Waals surface area contributed by atoms with Crippen LogP contribution in [0.2, 0.25) is 10.0 Å². The molecule has 110 valence electrons. The Morgan fingerprint density at radius 2 is 1.50 bits per heavy atom. The Morgan fingerprint density at radius 1 is 0.909 bits per heavy atom. The van der Waals surface area contributed by atoms with Gasteiger partial charge in [0, 0.05) is 12.5 Å². The van der Waals surface area contributed by atoms with Gasteiger partial charge in [0.05, 0.1) is 26.7 Å². The molecule has 4 nitrogen and oxygen atoms in total. The van der Waals surface area contributed by atoms with E-state index in [0.717, 1.165) is 0 Å². The first kappa shape index (κ1) is 14.8. The van der Waals surface area contributed by atoms with Crippen LogP contribution < -0.4 is 4.74 Å². The van der Waals surface area contributed by atoms with Crippen LogP contribution in [0.1, 0.15) is 38.8 Å². The highest BCUT2D eigenvalue weighted by atomic mass is 35.5. The van der Waals surface area contributed by atoms with Crippen LogP contribution in [0, 0.1) is 0 Å². The summed E-state index contributed by atoms with van der Waals surface area (Å²) in [6, 6.07) is 7.39. The van der Waals surface area contributed by atoms with Crippen molar-refractivity contribution in [2.75, 3.05) is 0 Å². The topological polar surface area (TPSA) is 60.4 Å². The first-order valence-electron chi connectivity index (χ1n) is 6.30. The molecule has 0 spiro atoms. The normalized spacial score (nSPS) is 12.7. The summed E-state index contributed by atoms with van der Waals surface area (Å²) in [6.07, 6.45) is 0. The Labute approximate surface area is 135 Å². The number of hydrogen-bond donors (Lipinski definition) is 0. The molecule has 0 aliphatic heterocycles. The number of rotatable bonds is 1. The van der Waals surface area contributed by atoms with E-state index in [9.17, 15) is 14.4 Å². The van der Waals surface area contributed by atoms with Gasteiger partial charge in [0.15, 0.2) is 11.6 Å². The molecule has 0 bridgehead atoms. The smallest absolute Gasteiger partial charge is 0.308 e. The maximum atomic E-state index is 12.7. The molecule has 0 N–H and O–H groups in total. The molecule has 0 unspecified atom stereocenters. The van der Waals surface area contributed by atoms with E-state index >= 15 is 0 Å². The zero-order valence-electron chi connectivity index (χ0n) is 11.3. The van der Waals surface area contributed by atoms with E-state index < -0.39 is 17.5 Å². The van der Waals surface area contributed by atoms with Crippen molar-refractivity contribution < 1.29 is 19.1 Å². The number of halogens is 2. The van der Waals surface area contributed by atoms with Gasteiger partial charge in [0.25, 0.3) is 0 Å². The highest BCUT2D eigenvalue weighted by Gasteiger charge is 2.35. The van der Waals surface area contributed by atoms with Crippen molar-refractivity contribution in [3.05, 3.63) is 62.6 Å². The number of esters is 1. The van der Waals surface area contributed by atoms with Gasteiger partial charge in [0.1, 0.15) is 5.75 Å². The van der Waals surface area contributed by atoms with Gasteiger partial charge in [-0.25, -0.2) is 0 Å². The third-order valence-electron chi connectivity index (χ3n) is 3.31. The molecule has 0 radical (unpaired) electrons. The second-order valence-electron chi connectivity index (χ2n) is 4.71. The van der Waals surface area contributed by atoms with Crippen molar-refractivity contribution >= 4 is 40.7 Å². The predicted octanol–water partition coefficient (Wildman–Crippen LogP) is 3.69. The Kier molecular flexibility index (Phi) is 3.51. The van der Waals surface area contributed by atoms with Gasteiger partial charge in [-0.15, -0.1) is 0 Å². The summed E-state index contributed by atoms with van der Waals surface area (Å²) in [7, 11) is 0. The first-order chi connectivity index (χ1) is 10.4. The summed E-state index contributed by atoms with van der Waals surface area (Å²) in [5.74, 6) is -1.47. The number of fused-ring (bicyclic) bond motifs is 2. The minimum absolute atomic E-state index is 0.0272. The molecule has 0 amide bonds. The van der Waals surface area contributed by atoms with E-state index in [0.29, 0.717) is 0 Å². The van der Waals surface area contributed by atoms with E-state index in [1.165, 1.54) is 37.3 Å². The van der Waals surface area contributed by atoms with Crippen LogP contribution >= 0.6 is 23.2 Å². The third kappa shape index (κ3) is 2.12. The predicted molar refractivity (Wildman–Crippen MR) is 81.1 cm³/mol. The van der Waals surface area contributed by atoms with Gasteiger partial charge < -0.3 is 4.74 Å². The number of hydrogen-bond acceptors (Lipinski definition) is 4. The van der Waals surface area contributed by atoms with Gasteiger partial charge in [-0.2, -0.15) is 0 Å². The molecule has 1 aliphatic rings. The molecule has 0 aromatic heterocycles. The van der Waals surface area contributed by atoms with Gasteiger partial charge in [-0.1, -0.05) is 35.3 Å². The third-order valence-corrected chi connectivity index (χ3v) is 3.94. The molecular weight excluding hydrogens is 327 g/mol. The molecule has 1 aliphatic carbocycles. The lowest BCUT2D eigenvalue weighted by Crippen LogP contribution is -2.23. The van der Waals surface area contributed by atoms with Crippen LogP contribution in [-0.4, -0.2) is 17.5 Å². The Hall–Kier alpha value is -2.17. The molecule has 2 aromatic rings. The molecule has 0 fully saturated rings. The standard InChI is InChI=1S/C16H8Cl2O4/c1-7(19)22-11-4-2-3-8-12(11)16(21)14-10(18)6-5-9(17)13(14)15(8)20/h2-6H,1H3. The Bertz CT molecular complexity index is 855.